The molecule has 9 heteroatoms. The van der Waals surface area contributed by atoms with Crippen molar-refractivity contribution in [3.63, 3.8) is 0 Å². The zero-order chi connectivity index (χ0) is 11.5. The third-order valence-electron chi connectivity index (χ3n) is 1.35. The molecule has 5 N–H and O–H groups in total. The molecule has 1 rings (SSSR count). The number of hydrogen-bond acceptors (Lipinski definition) is 3. The van der Waals surface area contributed by atoms with Gasteiger partial charge in [0.15, 0.2) is 0 Å². The van der Waals surface area contributed by atoms with Gasteiger partial charge in [-0.2, -0.15) is 0 Å². The number of phosphoric ester groups is 1. The van der Waals surface area contributed by atoms with Crippen LogP contribution in [0.15, 0.2) is 24.3 Å². The number of anilines is 1. The van der Waals surface area contributed by atoms with Crippen LogP contribution in [0, 0.1) is 0 Å². The maximum atomic E-state index is 10.4. The SMILES string of the molecule is NC(=O)Nc1ccc(OP(=O)(O)O)cc1.[Na+]. The molecule has 1 aromatic rings. The molecule has 0 atom stereocenters. The maximum absolute atomic E-state index is 10.4. The van der Waals surface area contributed by atoms with Crippen LogP contribution < -0.4 is 45.1 Å². The van der Waals surface area contributed by atoms with E-state index in [1.54, 1.807) is 0 Å². The molecule has 16 heavy (non-hydrogen) atoms. The predicted molar refractivity (Wildman–Crippen MR) is 52.3 cm³/mol. The number of amides is 2. The first-order chi connectivity index (χ1) is 6.87. The molecule has 0 saturated heterocycles. The fraction of sp³-hybridized carbons (Fsp3) is 0. The Morgan fingerprint density at radius 1 is 1.31 bits per heavy atom. The molecule has 0 aliphatic heterocycles. The van der Waals surface area contributed by atoms with Crippen molar-refractivity contribution < 1.29 is 53.2 Å². The van der Waals surface area contributed by atoms with Crippen molar-refractivity contribution >= 4 is 19.5 Å². The monoisotopic (exact) mass is 255 g/mol. The van der Waals surface area contributed by atoms with Crippen LogP contribution in [0.2, 0.25) is 0 Å². The Morgan fingerprint density at radius 2 is 1.81 bits per heavy atom. The molecular weight excluding hydrogens is 246 g/mol. The summed E-state index contributed by atoms with van der Waals surface area (Å²) in [4.78, 5) is 27.4. The van der Waals surface area contributed by atoms with Gasteiger partial charge in [0.2, 0.25) is 0 Å². The summed E-state index contributed by atoms with van der Waals surface area (Å²) >= 11 is 0. The number of nitrogens with two attached hydrogens (primary N) is 1. The first-order valence-corrected chi connectivity index (χ1v) is 5.31. The minimum atomic E-state index is -4.54. The molecule has 0 spiro atoms. The van der Waals surface area contributed by atoms with Gasteiger partial charge < -0.3 is 15.6 Å². The van der Waals surface area contributed by atoms with Crippen molar-refractivity contribution in [3.8, 4) is 5.75 Å². The van der Waals surface area contributed by atoms with Gasteiger partial charge >= 0.3 is 43.4 Å². The summed E-state index contributed by atoms with van der Waals surface area (Å²) in [6.07, 6.45) is 0. The van der Waals surface area contributed by atoms with E-state index in [0.29, 0.717) is 5.69 Å². The Hall–Kier alpha value is -0.560. The topological polar surface area (TPSA) is 122 Å². The number of benzene rings is 1. The van der Waals surface area contributed by atoms with E-state index in [4.69, 9.17) is 15.5 Å². The van der Waals surface area contributed by atoms with Crippen LogP contribution in [0.5, 0.6) is 5.75 Å². The largest absolute Gasteiger partial charge is 1.00 e. The van der Waals surface area contributed by atoms with E-state index in [1.165, 1.54) is 24.3 Å². The van der Waals surface area contributed by atoms with Crippen molar-refractivity contribution in [3.05, 3.63) is 24.3 Å². The van der Waals surface area contributed by atoms with E-state index in [0.717, 1.165) is 0 Å². The van der Waals surface area contributed by atoms with Gasteiger partial charge in [-0.1, -0.05) is 0 Å². The van der Waals surface area contributed by atoms with E-state index in [1.807, 2.05) is 0 Å². The number of carbonyl (C=O) groups excluding carboxylic acids is 1. The summed E-state index contributed by atoms with van der Waals surface area (Å²) in [5, 5.41) is 2.28. The molecule has 0 fully saturated rings. The first-order valence-electron chi connectivity index (χ1n) is 3.78. The Kier molecular flexibility index (Phi) is 6.02. The zero-order valence-corrected chi connectivity index (χ0v) is 11.3. The van der Waals surface area contributed by atoms with E-state index in [-0.39, 0.29) is 35.3 Å². The average molecular weight is 255 g/mol. The van der Waals surface area contributed by atoms with E-state index in [2.05, 4.69) is 9.84 Å². The van der Waals surface area contributed by atoms with Gasteiger partial charge in [0.25, 0.3) is 0 Å². The van der Waals surface area contributed by atoms with Gasteiger partial charge in [0.05, 0.1) is 0 Å². The summed E-state index contributed by atoms with van der Waals surface area (Å²) in [5.41, 5.74) is 5.26. The molecular formula is C7H9N2NaO5P+. The van der Waals surface area contributed by atoms with Crippen LogP contribution in [0.4, 0.5) is 10.5 Å². The Morgan fingerprint density at radius 3 is 2.19 bits per heavy atom. The van der Waals surface area contributed by atoms with Crippen molar-refractivity contribution in [2.45, 2.75) is 0 Å². The predicted octanol–water partition coefficient (Wildman–Crippen LogP) is -2.35. The molecule has 0 aromatic heterocycles. The molecule has 0 unspecified atom stereocenters. The third-order valence-corrected chi connectivity index (χ3v) is 1.79. The average Bonchev–Trinajstić information content (AvgIpc) is 2.05. The summed E-state index contributed by atoms with van der Waals surface area (Å²) in [7, 11) is -4.54. The van der Waals surface area contributed by atoms with Crippen LogP contribution >= 0.6 is 7.82 Å². The zero-order valence-electron chi connectivity index (χ0n) is 8.45. The normalized spacial score (nSPS) is 10.1. The molecule has 0 saturated carbocycles. The number of carbonyl (C=O) groups is 1. The fourth-order valence-corrected chi connectivity index (χ4v) is 1.28. The number of urea groups is 1. The van der Waals surface area contributed by atoms with Crippen LogP contribution in [0.3, 0.4) is 0 Å². The van der Waals surface area contributed by atoms with Crippen molar-refractivity contribution in [1.82, 2.24) is 0 Å². The maximum Gasteiger partial charge on any atom is 1.00 e. The second-order valence-corrected chi connectivity index (χ2v) is 3.76. The third kappa shape index (κ3) is 6.12. The van der Waals surface area contributed by atoms with Crippen LogP contribution in [-0.4, -0.2) is 15.8 Å². The molecule has 7 nitrogen and oxygen atoms in total. The van der Waals surface area contributed by atoms with Crippen molar-refractivity contribution in [2.24, 2.45) is 5.73 Å². The van der Waals surface area contributed by atoms with Crippen LogP contribution in [0.25, 0.3) is 0 Å². The molecule has 1 aromatic carbocycles. The Labute approximate surface area is 114 Å². The quantitative estimate of drug-likeness (QED) is 0.356. The van der Waals surface area contributed by atoms with Crippen LogP contribution in [0.1, 0.15) is 0 Å². The molecule has 82 valence electrons. The molecule has 0 heterocycles. The smallest absolute Gasteiger partial charge is 0.404 e. The minimum Gasteiger partial charge on any atom is -0.404 e. The van der Waals surface area contributed by atoms with Gasteiger partial charge in [-0.15, -0.1) is 0 Å². The van der Waals surface area contributed by atoms with Gasteiger partial charge in [0.1, 0.15) is 5.75 Å². The second kappa shape index (κ2) is 6.24. The number of primary amides is 1. The first kappa shape index (κ1) is 15.4. The fourth-order valence-electron chi connectivity index (χ4n) is 0.879. The Bertz CT molecular complexity index is 404. The Balaban J connectivity index is 0.00000225. The molecule has 0 bridgehead atoms. The summed E-state index contributed by atoms with van der Waals surface area (Å²) < 4.78 is 14.7. The van der Waals surface area contributed by atoms with E-state index < -0.39 is 13.9 Å². The summed E-state index contributed by atoms with van der Waals surface area (Å²) in [5.74, 6) is -0.00152. The summed E-state index contributed by atoms with van der Waals surface area (Å²) in [6.45, 7) is 0. The van der Waals surface area contributed by atoms with Gasteiger partial charge in [-0.05, 0) is 24.3 Å². The van der Waals surface area contributed by atoms with Gasteiger partial charge in [-0.25, -0.2) is 9.36 Å². The number of nitrogens with one attached hydrogen (secondary N) is 1. The standard InChI is InChI=1S/C7H9N2O5P.Na/c8-7(10)9-5-1-3-6(4-2-5)14-15(11,12)13;/h1-4H,(H3,8,9,10)(H2,11,12,13);/q;+1. The molecule has 0 aliphatic carbocycles. The minimum absolute atomic E-state index is 0. The second-order valence-electron chi connectivity index (χ2n) is 2.60. The van der Waals surface area contributed by atoms with Crippen molar-refractivity contribution in [2.75, 3.05) is 5.32 Å². The van der Waals surface area contributed by atoms with E-state index >= 15 is 0 Å². The number of rotatable bonds is 3. The molecule has 2 amide bonds. The summed E-state index contributed by atoms with van der Waals surface area (Å²) in [6, 6.07) is 4.67. The van der Waals surface area contributed by atoms with Gasteiger partial charge in [-0.3, -0.25) is 9.79 Å². The van der Waals surface area contributed by atoms with Gasteiger partial charge in [0, 0.05) is 5.69 Å². The van der Waals surface area contributed by atoms with Crippen molar-refractivity contribution in [1.29, 1.82) is 0 Å². The number of hydrogen-bond donors (Lipinski definition) is 4. The molecule has 0 aliphatic rings. The number of phosphoric acid groups is 1. The van der Waals surface area contributed by atoms with Crippen LogP contribution in [-0.2, 0) is 4.57 Å². The molecule has 0 radical (unpaired) electrons. The van der Waals surface area contributed by atoms with E-state index in [9.17, 15) is 9.36 Å².